The molecule has 0 unspecified atom stereocenters. The summed E-state index contributed by atoms with van der Waals surface area (Å²) in [5, 5.41) is 1.78. The van der Waals surface area contributed by atoms with Gasteiger partial charge < -0.3 is 9.72 Å². The van der Waals surface area contributed by atoms with E-state index in [9.17, 15) is 4.79 Å². The van der Waals surface area contributed by atoms with Crippen molar-refractivity contribution in [3.05, 3.63) is 72.6 Å². The molecule has 2 heterocycles. The van der Waals surface area contributed by atoms with Crippen molar-refractivity contribution in [2.75, 3.05) is 0 Å². The van der Waals surface area contributed by atoms with Crippen LogP contribution in [0.1, 0.15) is 10.4 Å². The maximum Gasteiger partial charge on any atom is 0.345 e. The number of carbonyl (C=O) groups excluding carboxylic acids is 1. The molecular formula is C18H12N2O2. The molecule has 0 radical (unpaired) electrons. The molecule has 0 aliphatic rings. The van der Waals surface area contributed by atoms with Crippen molar-refractivity contribution >= 4 is 27.8 Å². The molecule has 0 amide bonds. The SMILES string of the molecule is O=C(Oc1cccc2cccnc12)c1c[nH]c2ccccc12. The number of ether oxygens (including phenoxy) is 1. The maximum atomic E-state index is 12.5. The van der Waals surface area contributed by atoms with Gasteiger partial charge in [0.05, 0.1) is 5.56 Å². The molecule has 0 atom stereocenters. The van der Waals surface area contributed by atoms with Gasteiger partial charge in [0.25, 0.3) is 0 Å². The zero-order valence-corrected chi connectivity index (χ0v) is 11.6. The number of nitrogens with zero attached hydrogens (tertiary/aromatic N) is 1. The molecule has 0 fully saturated rings. The molecule has 0 aliphatic carbocycles. The number of H-pyrrole nitrogens is 1. The highest BCUT2D eigenvalue weighted by Gasteiger charge is 2.15. The Hall–Kier alpha value is -3.14. The molecule has 2 aromatic heterocycles. The number of rotatable bonds is 2. The first-order valence-electron chi connectivity index (χ1n) is 6.95. The van der Waals surface area contributed by atoms with Crippen LogP contribution in [0.4, 0.5) is 0 Å². The molecule has 4 rings (SSSR count). The standard InChI is InChI=1S/C18H12N2O2/c21-18(14-11-20-15-8-2-1-7-13(14)15)22-16-9-3-5-12-6-4-10-19-17(12)16/h1-11,20H. The number of aromatic nitrogens is 2. The van der Waals surface area contributed by atoms with Gasteiger partial charge in [-0.05, 0) is 18.2 Å². The lowest BCUT2D eigenvalue weighted by atomic mass is 10.2. The molecule has 4 nitrogen and oxygen atoms in total. The molecule has 0 saturated carbocycles. The number of hydrogen-bond donors (Lipinski definition) is 1. The monoisotopic (exact) mass is 288 g/mol. The van der Waals surface area contributed by atoms with Crippen LogP contribution in [0.3, 0.4) is 0 Å². The van der Waals surface area contributed by atoms with Gasteiger partial charge in [0.2, 0.25) is 0 Å². The first kappa shape index (κ1) is 12.6. The van der Waals surface area contributed by atoms with Crippen LogP contribution in [-0.2, 0) is 0 Å². The van der Waals surface area contributed by atoms with E-state index >= 15 is 0 Å². The van der Waals surface area contributed by atoms with Gasteiger partial charge in [0, 0.05) is 28.7 Å². The van der Waals surface area contributed by atoms with E-state index in [1.807, 2.05) is 48.5 Å². The van der Waals surface area contributed by atoms with Crippen LogP contribution in [0.2, 0.25) is 0 Å². The molecule has 0 saturated heterocycles. The largest absolute Gasteiger partial charge is 0.421 e. The van der Waals surface area contributed by atoms with E-state index in [-0.39, 0.29) is 0 Å². The van der Waals surface area contributed by atoms with Crippen LogP contribution in [0.15, 0.2) is 67.0 Å². The lowest BCUT2D eigenvalue weighted by molar-refractivity contribution is 0.0739. The average molecular weight is 288 g/mol. The summed E-state index contributed by atoms with van der Waals surface area (Å²) in [6.45, 7) is 0. The minimum absolute atomic E-state index is 0.393. The molecule has 2 aromatic carbocycles. The highest BCUT2D eigenvalue weighted by atomic mass is 16.5. The van der Waals surface area contributed by atoms with Crippen molar-refractivity contribution < 1.29 is 9.53 Å². The zero-order chi connectivity index (χ0) is 14.9. The van der Waals surface area contributed by atoms with Crippen molar-refractivity contribution in [3.63, 3.8) is 0 Å². The molecule has 4 aromatic rings. The number of para-hydroxylation sites is 2. The number of benzene rings is 2. The van der Waals surface area contributed by atoms with E-state index in [4.69, 9.17) is 4.74 Å². The Morgan fingerprint density at radius 3 is 2.82 bits per heavy atom. The minimum Gasteiger partial charge on any atom is -0.421 e. The second-order valence-electron chi connectivity index (χ2n) is 4.97. The van der Waals surface area contributed by atoms with Gasteiger partial charge >= 0.3 is 5.97 Å². The third-order valence-electron chi connectivity index (χ3n) is 3.61. The topological polar surface area (TPSA) is 55.0 Å². The average Bonchev–Trinajstić information content (AvgIpc) is 2.99. The second-order valence-corrected chi connectivity index (χ2v) is 4.97. The zero-order valence-electron chi connectivity index (χ0n) is 11.6. The summed E-state index contributed by atoms with van der Waals surface area (Å²) in [5.74, 6) is 0.0731. The third kappa shape index (κ3) is 2.02. The van der Waals surface area contributed by atoms with E-state index in [1.165, 1.54) is 0 Å². The minimum atomic E-state index is -0.393. The number of pyridine rings is 1. The Morgan fingerprint density at radius 1 is 1.00 bits per heavy atom. The van der Waals surface area contributed by atoms with Crippen molar-refractivity contribution in [1.82, 2.24) is 9.97 Å². The summed E-state index contributed by atoms with van der Waals surface area (Å²) in [4.78, 5) is 19.8. The predicted octanol–water partition coefficient (Wildman–Crippen LogP) is 3.94. The van der Waals surface area contributed by atoms with Gasteiger partial charge in [0.1, 0.15) is 5.52 Å². The lowest BCUT2D eigenvalue weighted by Gasteiger charge is -2.06. The fourth-order valence-corrected chi connectivity index (χ4v) is 2.55. The Balaban J connectivity index is 1.75. The van der Waals surface area contributed by atoms with Crippen LogP contribution in [0, 0.1) is 0 Å². The molecular weight excluding hydrogens is 276 g/mol. The number of esters is 1. The first-order chi connectivity index (χ1) is 10.8. The van der Waals surface area contributed by atoms with Gasteiger partial charge in [0.15, 0.2) is 5.75 Å². The van der Waals surface area contributed by atoms with Crippen LogP contribution in [0.25, 0.3) is 21.8 Å². The van der Waals surface area contributed by atoms with E-state index in [0.717, 1.165) is 16.3 Å². The molecule has 1 N–H and O–H groups in total. The van der Waals surface area contributed by atoms with Crippen molar-refractivity contribution in [3.8, 4) is 5.75 Å². The fourth-order valence-electron chi connectivity index (χ4n) is 2.55. The normalized spacial score (nSPS) is 10.9. The fraction of sp³-hybridized carbons (Fsp3) is 0. The van der Waals surface area contributed by atoms with Gasteiger partial charge in [-0.1, -0.05) is 36.4 Å². The van der Waals surface area contributed by atoms with E-state index in [2.05, 4.69) is 9.97 Å². The highest BCUT2D eigenvalue weighted by Crippen LogP contribution is 2.25. The van der Waals surface area contributed by atoms with Gasteiger partial charge in [-0.25, -0.2) is 4.79 Å². The first-order valence-corrected chi connectivity index (χ1v) is 6.95. The summed E-state index contributed by atoms with van der Waals surface area (Å²) >= 11 is 0. The molecule has 0 bridgehead atoms. The Kier molecular flexibility index (Phi) is 2.86. The maximum absolute atomic E-state index is 12.5. The second kappa shape index (κ2) is 5.00. The Morgan fingerprint density at radius 2 is 1.86 bits per heavy atom. The van der Waals surface area contributed by atoms with Crippen LogP contribution >= 0.6 is 0 Å². The van der Waals surface area contributed by atoms with Crippen molar-refractivity contribution in [1.29, 1.82) is 0 Å². The summed E-state index contributed by atoms with van der Waals surface area (Å²) in [5.41, 5.74) is 2.10. The van der Waals surface area contributed by atoms with Gasteiger partial charge in [-0.3, -0.25) is 4.98 Å². The summed E-state index contributed by atoms with van der Waals surface area (Å²) in [6.07, 6.45) is 3.36. The third-order valence-corrected chi connectivity index (χ3v) is 3.61. The number of fused-ring (bicyclic) bond motifs is 2. The van der Waals surface area contributed by atoms with Crippen molar-refractivity contribution in [2.24, 2.45) is 0 Å². The molecule has 4 heteroatoms. The number of carbonyl (C=O) groups is 1. The summed E-state index contributed by atoms with van der Waals surface area (Å²) in [6, 6.07) is 17.0. The highest BCUT2D eigenvalue weighted by molar-refractivity contribution is 6.05. The number of nitrogens with one attached hydrogen (secondary N) is 1. The van der Waals surface area contributed by atoms with Crippen molar-refractivity contribution in [2.45, 2.75) is 0 Å². The van der Waals surface area contributed by atoms with Crippen LogP contribution in [-0.4, -0.2) is 15.9 Å². The van der Waals surface area contributed by atoms with Gasteiger partial charge in [-0.15, -0.1) is 0 Å². The number of aromatic amines is 1. The van der Waals surface area contributed by atoms with Crippen LogP contribution < -0.4 is 4.74 Å². The number of hydrogen-bond acceptors (Lipinski definition) is 3. The molecule has 0 spiro atoms. The smallest absolute Gasteiger partial charge is 0.345 e. The van der Waals surface area contributed by atoms with Crippen LogP contribution in [0.5, 0.6) is 5.75 Å². The summed E-state index contributed by atoms with van der Waals surface area (Å²) < 4.78 is 5.56. The predicted molar refractivity (Wildman–Crippen MR) is 85.0 cm³/mol. The van der Waals surface area contributed by atoms with E-state index in [1.54, 1.807) is 18.5 Å². The Bertz CT molecular complexity index is 983. The summed E-state index contributed by atoms with van der Waals surface area (Å²) in [7, 11) is 0. The Labute approximate surface area is 126 Å². The molecule has 0 aliphatic heterocycles. The molecule has 106 valence electrons. The molecule has 22 heavy (non-hydrogen) atoms. The lowest BCUT2D eigenvalue weighted by Crippen LogP contribution is -2.08. The quantitative estimate of drug-likeness (QED) is 0.449. The van der Waals surface area contributed by atoms with E-state index < -0.39 is 5.97 Å². The van der Waals surface area contributed by atoms with E-state index in [0.29, 0.717) is 16.8 Å². The van der Waals surface area contributed by atoms with Gasteiger partial charge in [-0.2, -0.15) is 0 Å².